The van der Waals surface area contributed by atoms with E-state index in [1.54, 1.807) is 24.3 Å². The van der Waals surface area contributed by atoms with Gasteiger partial charge in [0, 0.05) is 0 Å². The molecule has 0 radical (unpaired) electrons. The molecule has 20 heavy (non-hydrogen) atoms. The van der Waals surface area contributed by atoms with Crippen LogP contribution in [0.3, 0.4) is 0 Å². The summed E-state index contributed by atoms with van der Waals surface area (Å²) in [5.41, 5.74) is 0.351. The third-order valence-electron chi connectivity index (χ3n) is 2.39. The van der Waals surface area contributed by atoms with E-state index in [0.29, 0.717) is 11.3 Å². The fourth-order valence-corrected chi connectivity index (χ4v) is 4.04. The van der Waals surface area contributed by atoms with E-state index >= 15 is 0 Å². The zero-order chi connectivity index (χ0) is 14.5. The molecule has 0 saturated carbocycles. The second-order valence-electron chi connectivity index (χ2n) is 3.93. The Labute approximate surface area is 126 Å². The molecule has 2 rings (SSSR count). The molecule has 0 amide bonds. The van der Waals surface area contributed by atoms with Crippen molar-refractivity contribution in [1.82, 2.24) is 0 Å². The summed E-state index contributed by atoms with van der Waals surface area (Å²) in [6.07, 6.45) is 0. The Balaban J connectivity index is 2.18. The van der Waals surface area contributed by atoms with Gasteiger partial charge in [0.05, 0.1) is 0 Å². The van der Waals surface area contributed by atoms with E-state index in [1.807, 2.05) is 24.3 Å². The molecule has 0 fully saturated rings. The second-order valence-corrected chi connectivity index (χ2v) is 6.87. The molecule has 0 aliphatic rings. The monoisotopic (exact) mass is 383 g/mol. The molecule has 1 N–H and O–H groups in total. The first-order valence-corrected chi connectivity index (χ1v) is 7.97. The van der Waals surface area contributed by atoms with Gasteiger partial charge in [0.25, 0.3) is 0 Å². The van der Waals surface area contributed by atoms with Crippen molar-refractivity contribution in [1.29, 1.82) is 0 Å². The van der Waals surface area contributed by atoms with Crippen molar-refractivity contribution in [2.24, 2.45) is 0 Å². The summed E-state index contributed by atoms with van der Waals surface area (Å²) < 4.78 is 6.88. The summed E-state index contributed by atoms with van der Waals surface area (Å²) in [4.78, 5) is 22.0. The van der Waals surface area contributed by atoms with Crippen molar-refractivity contribution in [2.75, 3.05) is 0 Å². The average molecular weight is 383 g/mol. The van der Waals surface area contributed by atoms with E-state index < -0.39 is 27.2 Å². The number of carbonyl (C=O) groups is 2. The van der Waals surface area contributed by atoms with E-state index in [4.69, 9.17) is 9.84 Å². The van der Waals surface area contributed by atoms with Crippen LogP contribution in [0.4, 0.5) is 0 Å². The molecule has 0 unspecified atom stereocenters. The number of halogens is 1. The van der Waals surface area contributed by atoms with Gasteiger partial charge < -0.3 is 0 Å². The van der Waals surface area contributed by atoms with Crippen LogP contribution in [0.25, 0.3) is 0 Å². The molecule has 0 atom stereocenters. The Morgan fingerprint density at radius 2 is 1.70 bits per heavy atom. The molecule has 2 aromatic carbocycles. The van der Waals surface area contributed by atoms with E-state index in [0.717, 1.165) is 7.14 Å². The minimum atomic E-state index is -0.906. The van der Waals surface area contributed by atoms with Gasteiger partial charge in [-0.15, -0.1) is 0 Å². The van der Waals surface area contributed by atoms with Crippen molar-refractivity contribution >= 4 is 11.9 Å². The van der Waals surface area contributed by atoms with Gasteiger partial charge in [0.15, 0.2) is 0 Å². The van der Waals surface area contributed by atoms with Gasteiger partial charge in [0.1, 0.15) is 0 Å². The number of esters is 1. The second kappa shape index (κ2) is 6.51. The van der Waals surface area contributed by atoms with Gasteiger partial charge >= 0.3 is 126 Å². The number of hydrogen-bond donors (Lipinski definition) is 1. The molecule has 0 saturated heterocycles. The van der Waals surface area contributed by atoms with Crippen molar-refractivity contribution in [2.45, 2.75) is 6.92 Å². The maximum atomic E-state index is 11.1. The topological polar surface area (TPSA) is 63.6 Å². The fraction of sp³-hybridized carbons (Fsp3) is 0.0667. The predicted molar refractivity (Wildman–Crippen MR) is 68.5 cm³/mol. The van der Waals surface area contributed by atoms with Crippen LogP contribution < -0.4 is 25.9 Å². The molecule has 0 spiro atoms. The van der Waals surface area contributed by atoms with Crippen LogP contribution in [0.5, 0.6) is 5.75 Å². The summed E-state index contributed by atoms with van der Waals surface area (Å²) in [5.74, 6) is -0.766. The zero-order valence-electron chi connectivity index (χ0n) is 10.7. The van der Waals surface area contributed by atoms with E-state index in [1.165, 1.54) is 6.92 Å². The van der Waals surface area contributed by atoms with Gasteiger partial charge in [-0.1, -0.05) is 0 Å². The summed E-state index contributed by atoms with van der Waals surface area (Å²) in [7, 11) is 0. The standard InChI is InChI=1S/C15H12IO4/c1-10(17)20-12-8-6-11(7-9-12)16-14-5-3-2-4-13(14)15(18)19/h2-9H,1H3,(H,18,19)/q-1. The van der Waals surface area contributed by atoms with Crippen LogP contribution in [0.1, 0.15) is 17.3 Å². The van der Waals surface area contributed by atoms with Crippen molar-refractivity contribution in [3.8, 4) is 5.75 Å². The third-order valence-corrected chi connectivity index (χ3v) is 5.25. The van der Waals surface area contributed by atoms with Crippen molar-refractivity contribution in [3.05, 3.63) is 61.2 Å². The third kappa shape index (κ3) is 3.80. The summed E-state index contributed by atoms with van der Waals surface area (Å²) >= 11 is -0.582. The molecule has 0 heterocycles. The van der Waals surface area contributed by atoms with Crippen LogP contribution in [0.15, 0.2) is 48.5 Å². The predicted octanol–water partition coefficient (Wildman–Crippen LogP) is -0.561. The summed E-state index contributed by atoms with van der Waals surface area (Å²) in [6, 6.07) is 14.2. The van der Waals surface area contributed by atoms with Crippen molar-refractivity contribution < 1.29 is 40.6 Å². The number of carboxylic acids is 1. The summed E-state index contributed by atoms with van der Waals surface area (Å²) in [5, 5.41) is 9.15. The van der Waals surface area contributed by atoms with Crippen LogP contribution in [-0.2, 0) is 4.79 Å². The molecule has 5 heteroatoms. The van der Waals surface area contributed by atoms with E-state index in [9.17, 15) is 9.59 Å². The minimum absolute atomic E-state index is 0.351. The van der Waals surface area contributed by atoms with Crippen molar-refractivity contribution in [3.63, 3.8) is 0 Å². The van der Waals surface area contributed by atoms with Crippen LogP contribution >= 0.6 is 0 Å². The Kier molecular flexibility index (Phi) is 4.73. The van der Waals surface area contributed by atoms with Crippen LogP contribution in [-0.4, -0.2) is 17.0 Å². The van der Waals surface area contributed by atoms with Crippen LogP contribution in [0, 0.1) is 7.14 Å². The average Bonchev–Trinajstić information content (AvgIpc) is 2.41. The number of ether oxygens (including phenoxy) is 1. The Morgan fingerprint density at radius 1 is 1.05 bits per heavy atom. The van der Waals surface area contributed by atoms with Gasteiger partial charge in [-0.3, -0.25) is 0 Å². The molecule has 0 aliphatic heterocycles. The number of carbonyl (C=O) groups excluding carboxylic acids is 1. The number of hydrogen-bond acceptors (Lipinski definition) is 3. The van der Waals surface area contributed by atoms with E-state index in [-0.39, 0.29) is 5.97 Å². The number of benzene rings is 2. The SMILES string of the molecule is CC(=O)Oc1ccc([I-]c2ccccc2C(=O)O)cc1. The van der Waals surface area contributed by atoms with Gasteiger partial charge in [-0.25, -0.2) is 0 Å². The molecule has 2 aromatic rings. The Morgan fingerprint density at radius 3 is 2.30 bits per heavy atom. The molecule has 4 nitrogen and oxygen atoms in total. The molecular formula is C15H12IO4-. The van der Waals surface area contributed by atoms with Gasteiger partial charge in [-0.05, 0) is 0 Å². The normalized spacial score (nSPS) is 10.2. The van der Waals surface area contributed by atoms with Gasteiger partial charge in [0.2, 0.25) is 0 Å². The first-order valence-electron chi connectivity index (χ1n) is 5.82. The Hall–Kier alpha value is -1.89. The zero-order valence-corrected chi connectivity index (χ0v) is 12.8. The first kappa shape index (κ1) is 14.5. The quantitative estimate of drug-likeness (QED) is 0.437. The molecule has 0 aromatic heterocycles. The van der Waals surface area contributed by atoms with Crippen LogP contribution in [0.2, 0.25) is 0 Å². The number of carboxylic acid groups (broad SMARTS) is 1. The van der Waals surface area contributed by atoms with E-state index in [2.05, 4.69) is 0 Å². The fourth-order valence-electron chi connectivity index (χ4n) is 1.57. The molecule has 0 aliphatic carbocycles. The Bertz CT molecular complexity index is 635. The number of aromatic carboxylic acids is 1. The summed E-state index contributed by atoms with van der Waals surface area (Å²) in [6.45, 7) is 1.35. The molecule has 104 valence electrons. The molecule has 0 bridgehead atoms. The van der Waals surface area contributed by atoms with Gasteiger partial charge in [-0.2, -0.15) is 0 Å². The maximum absolute atomic E-state index is 11.1. The molecular weight excluding hydrogens is 371 g/mol. The number of rotatable bonds is 4. The first-order chi connectivity index (χ1) is 9.56.